The minimum absolute atomic E-state index is 0.162. The van der Waals surface area contributed by atoms with Crippen LogP contribution in [0.4, 0.5) is 28.0 Å². The highest BCUT2D eigenvalue weighted by Gasteiger charge is 2.31. The molecule has 2 heterocycles. The molecule has 3 unspecified atom stereocenters. The number of nitrogens with zero attached hydrogens (tertiary/aromatic N) is 5. The van der Waals surface area contributed by atoms with E-state index in [0.29, 0.717) is 27.8 Å². The van der Waals surface area contributed by atoms with E-state index >= 15 is 4.39 Å². The van der Waals surface area contributed by atoms with Crippen LogP contribution in [0.3, 0.4) is 0 Å². The minimum atomic E-state index is -4.78. The number of ether oxygens (including phenoxy) is 1. The Kier molecular flexibility index (Phi) is 9.76. The molecule has 0 radical (unpaired) electrons. The van der Waals surface area contributed by atoms with Crippen molar-refractivity contribution in [2.45, 2.75) is 58.2 Å². The van der Waals surface area contributed by atoms with Crippen LogP contribution in [0.15, 0.2) is 84.1 Å². The lowest BCUT2D eigenvalue weighted by Crippen LogP contribution is -2.43. The summed E-state index contributed by atoms with van der Waals surface area (Å²) in [4.78, 5) is 23.7. The van der Waals surface area contributed by atoms with Crippen molar-refractivity contribution in [3.63, 3.8) is 0 Å². The number of carbonyl (C=O) groups is 1. The molecule has 4 aromatic rings. The van der Waals surface area contributed by atoms with Gasteiger partial charge in [0.1, 0.15) is 18.2 Å². The number of hydrogen-bond acceptors (Lipinski definition) is 5. The third kappa shape index (κ3) is 7.83. The Hall–Kier alpha value is -4.39. The van der Waals surface area contributed by atoms with Crippen molar-refractivity contribution in [2.24, 2.45) is 4.99 Å². The Balaban J connectivity index is 1.23. The van der Waals surface area contributed by atoms with E-state index in [4.69, 9.17) is 0 Å². The topological polar surface area (TPSA) is 84.6 Å². The fourth-order valence-corrected chi connectivity index (χ4v) is 6.20. The summed E-state index contributed by atoms with van der Waals surface area (Å²) >= 11 is 1.51. The van der Waals surface area contributed by atoms with Crippen LogP contribution >= 0.6 is 11.8 Å². The highest BCUT2D eigenvalue weighted by Crippen LogP contribution is 2.32. The number of urea groups is 1. The molecule has 1 aromatic heterocycles. The Morgan fingerprint density at radius 2 is 1.82 bits per heavy atom. The van der Waals surface area contributed by atoms with Gasteiger partial charge in [-0.25, -0.2) is 18.9 Å². The van der Waals surface area contributed by atoms with Crippen molar-refractivity contribution in [2.75, 3.05) is 10.7 Å². The van der Waals surface area contributed by atoms with Gasteiger partial charge in [0, 0.05) is 23.0 Å². The standard InChI is InChI=1S/C32H32F4N6O2S/c1-4-22-7-5-6-8-27(22)42-20(2)17-18-45-31(42)39-30(43)38-21(3)28(33)23-9-11-24(12-10-23)29-37-19-41(40-29)25-13-15-26(16-14-25)44-32(34,35)36/h5-16,19-21,28H,4,17-18H2,1-3H3,(H,38,43). The zero-order valence-electron chi connectivity index (χ0n) is 24.8. The fraction of sp³-hybridized carbons (Fsp3) is 0.312. The molecule has 1 N–H and O–H groups in total. The third-order valence-corrected chi connectivity index (χ3v) is 8.33. The Labute approximate surface area is 262 Å². The van der Waals surface area contributed by atoms with E-state index in [1.807, 2.05) is 18.2 Å². The summed E-state index contributed by atoms with van der Waals surface area (Å²) in [5, 5.41) is 7.65. The average Bonchev–Trinajstić information content (AvgIpc) is 3.51. The predicted octanol–water partition coefficient (Wildman–Crippen LogP) is 7.89. The molecule has 3 atom stereocenters. The second-order valence-electron chi connectivity index (χ2n) is 10.5. The molecule has 0 spiro atoms. The van der Waals surface area contributed by atoms with E-state index in [2.05, 4.69) is 49.9 Å². The summed E-state index contributed by atoms with van der Waals surface area (Å²) in [6, 6.07) is 18.5. The number of nitrogens with one attached hydrogen (secondary N) is 1. The molecule has 2 amide bonds. The van der Waals surface area contributed by atoms with Gasteiger partial charge in [0.2, 0.25) is 0 Å². The van der Waals surface area contributed by atoms with Gasteiger partial charge >= 0.3 is 12.4 Å². The number of aromatic nitrogens is 3. The van der Waals surface area contributed by atoms with Gasteiger partial charge in [0.15, 0.2) is 11.0 Å². The number of anilines is 1. The number of aliphatic imine (C=N–C) groups is 1. The molecule has 236 valence electrons. The van der Waals surface area contributed by atoms with E-state index in [1.165, 1.54) is 47.0 Å². The lowest BCUT2D eigenvalue weighted by molar-refractivity contribution is -0.274. The molecule has 3 aromatic carbocycles. The van der Waals surface area contributed by atoms with Gasteiger partial charge in [-0.1, -0.05) is 61.2 Å². The normalized spacial score (nSPS) is 17.6. The number of alkyl halides is 4. The second-order valence-corrected chi connectivity index (χ2v) is 11.6. The molecular formula is C32H32F4N6O2S. The van der Waals surface area contributed by atoms with E-state index in [0.717, 1.165) is 29.8 Å². The molecular weight excluding hydrogens is 608 g/mol. The minimum Gasteiger partial charge on any atom is -0.406 e. The summed E-state index contributed by atoms with van der Waals surface area (Å²) in [7, 11) is 0. The van der Waals surface area contributed by atoms with Crippen LogP contribution in [0.1, 0.15) is 44.5 Å². The van der Waals surface area contributed by atoms with Gasteiger partial charge in [-0.05, 0) is 68.1 Å². The molecule has 0 bridgehead atoms. The molecule has 0 saturated carbocycles. The Morgan fingerprint density at radius 1 is 1.11 bits per heavy atom. The lowest BCUT2D eigenvalue weighted by atomic mass is 10.0. The van der Waals surface area contributed by atoms with Crippen LogP contribution in [0.2, 0.25) is 0 Å². The highest BCUT2D eigenvalue weighted by atomic mass is 32.2. The predicted molar refractivity (Wildman–Crippen MR) is 168 cm³/mol. The maximum Gasteiger partial charge on any atom is 0.573 e. The number of benzene rings is 3. The molecule has 13 heteroatoms. The summed E-state index contributed by atoms with van der Waals surface area (Å²) in [5.74, 6) is 0.836. The first kappa shape index (κ1) is 32.0. The lowest BCUT2D eigenvalue weighted by Gasteiger charge is -2.36. The maximum atomic E-state index is 15.5. The maximum absolute atomic E-state index is 15.5. The number of thioether (sulfide) groups is 1. The summed E-state index contributed by atoms with van der Waals surface area (Å²) in [6.07, 6.45) is -3.06. The number of amides is 2. The van der Waals surface area contributed by atoms with Crippen LogP contribution in [0, 0.1) is 0 Å². The smallest absolute Gasteiger partial charge is 0.406 e. The van der Waals surface area contributed by atoms with Crippen LogP contribution in [-0.2, 0) is 6.42 Å². The highest BCUT2D eigenvalue weighted by molar-refractivity contribution is 8.14. The molecule has 0 aliphatic carbocycles. The van der Waals surface area contributed by atoms with Crippen molar-refractivity contribution in [3.05, 3.63) is 90.3 Å². The van der Waals surface area contributed by atoms with Crippen molar-refractivity contribution < 1.29 is 27.1 Å². The molecule has 5 rings (SSSR count). The molecule has 8 nitrogen and oxygen atoms in total. The van der Waals surface area contributed by atoms with Gasteiger partial charge in [0.25, 0.3) is 0 Å². The van der Waals surface area contributed by atoms with Crippen LogP contribution < -0.4 is 15.0 Å². The fourth-order valence-electron chi connectivity index (χ4n) is 4.99. The summed E-state index contributed by atoms with van der Waals surface area (Å²) in [5.41, 5.74) is 3.64. The monoisotopic (exact) mass is 640 g/mol. The van der Waals surface area contributed by atoms with Crippen LogP contribution in [0.25, 0.3) is 17.1 Å². The summed E-state index contributed by atoms with van der Waals surface area (Å²) in [6.45, 7) is 5.79. The van der Waals surface area contributed by atoms with Crippen molar-refractivity contribution in [1.29, 1.82) is 0 Å². The van der Waals surface area contributed by atoms with Crippen molar-refractivity contribution in [1.82, 2.24) is 20.1 Å². The van der Waals surface area contributed by atoms with Crippen molar-refractivity contribution in [3.8, 4) is 22.8 Å². The number of hydrogen-bond donors (Lipinski definition) is 1. The van der Waals surface area contributed by atoms with Crippen LogP contribution in [-0.4, -0.2) is 50.2 Å². The van der Waals surface area contributed by atoms with Gasteiger partial charge in [-0.3, -0.25) is 0 Å². The first-order valence-electron chi connectivity index (χ1n) is 14.4. The molecule has 45 heavy (non-hydrogen) atoms. The zero-order valence-corrected chi connectivity index (χ0v) is 25.6. The molecule has 1 saturated heterocycles. The van der Waals surface area contributed by atoms with Crippen molar-refractivity contribution >= 4 is 28.6 Å². The van der Waals surface area contributed by atoms with E-state index in [-0.39, 0.29) is 11.8 Å². The average molecular weight is 641 g/mol. The largest absolute Gasteiger partial charge is 0.573 e. The number of para-hydroxylation sites is 1. The number of carbonyl (C=O) groups excluding carboxylic acids is 1. The Morgan fingerprint density at radius 3 is 2.51 bits per heavy atom. The molecule has 1 fully saturated rings. The van der Waals surface area contributed by atoms with E-state index in [1.54, 1.807) is 31.2 Å². The number of halogens is 4. The molecule has 1 aliphatic heterocycles. The Bertz CT molecular complexity index is 1640. The zero-order chi connectivity index (χ0) is 32.1. The SMILES string of the molecule is CCc1ccccc1N1C(=NC(=O)NC(C)C(F)c2ccc(-c3ncn(-c4ccc(OC(F)(F)F)cc4)n3)cc2)SCCC1C. The number of amidine groups is 1. The van der Waals surface area contributed by atoms with Gasteiger partial charge in [-0.15, -0.1) is 18.3 Å². The first-order chi connectivity index (χ1) is 21.5. The van der Waals surface area contributed by atoms with Crippen LogP contribution in [0.5, 0.6) is 5.75 Å². The third-order valence-electron chi connectivity index (χ3n) is 7.35. The van der Waals surface area contributed by atoms with Gasteiger partial charge in [0.05, 0.1) is 11.7 Å². The van der Waals surface area contributed by atoms with Gasteiger partial charge in [-0.2, -0.15) is 4.99 Å². The quantitative estimate of drug-likeness (QED) is 0.197. The molecule has 1 aliphatic rings. The number of rotatable bonds is 8. The first-order valence-corrected chi connectivity index (χ1v) is 15.4. The second kappa shape index (κ2) is 13.7. The van der Waals surface area contributed by atoms with E-state index in [9.17, 15) is 18.0 Å². The number of aryl methyl sites for hydroxylation is 1. The summed E-state index contributed by atoms with van der Waals surface area (Å²) < 4.78 is 58.0. The van der Waals surface area contributed by atoms with Gasteiger partial charge < -0.3 is 15.0 Å². The van der Waals surface area contributed by atoms with E-state index < -0.39 is 24.6 Å².